The van der Waals surface area contributed by atoms with Gasteiger partial charge in [0.2, 0.25) is 0 Å². The third kappa shape index (κ3) is 3.31. The van der Waals surface area contributed by atoms with Crippen LogP contribution in [0.5, 0.6) is 0 Å². The number of hydrogen-bond acceptors (Lipinski definition) is 1. The van der Waals surface area contributed by atoms with Crippen LogP contribution in [0.3, 0.4) is 0 Å². The van der Waals surface area contributed by atoms with Crippen molar-refractivity contribution in [3.63, 3.8) is 0 Å². The summed E-state index contributed by atoms with van der Waals surface area (Å²) in [5.74, 6) is 0.575. The lowest BCUT2D eigenvalue weighted by Crippen LogP contribution is -1.85. The van der Waals surface area contributed by atoms with Crippen LogP contribution in [0, 0.1) is 5.92 Å². The second-order valence-electron chi connectivity index (χ2n) is 3.34. The highest BCUT2D eigenvalue weighted by atomic mass is 32.2. The minimum Gasteiger partial charge on any atom is -0.123 e. The van der Waals surface area contributed by atoms with Crippen molar-refractivity contribution in [1.82, 2.24) is 0 Å². The molecule has 0 saturated carbocycles. The Labute approximate surface area is 79.4 Å². The van der Waals surface area contributed by atoms with E-state index in [1.807, 2.05) is 11.8 Å². The van der Waals surface area contributed by atoms with Crippen LogP contribution >= 0.6 is 11.8 Å². The number of thioether (sulfide) groups is 1. The molecule has 1 rings (SSSR count). The molecular weight excluding hydrogens is 164 g/mol. The van der Waals surface area contributed by atoms with E-state index < -0.39 is 0 Å². The predicted molar refractivity (Wildman–Crippen MR) is 58.3 cm³/mol. The summed E-state index contributed by atoms with van der Waals surface area (Å²) >= 11 is 1.91. The summed E-state index contributed by atoms with van der Waals surface area (Å²) in [6, 6.07) is 0. The summed E-state index contributed by atoms with van der Waals surface area (Å²) in [5, 5.41) is 0.669. The van der Waals surface area contributed by atoms with Gasteiger partial charge < -0.3 is 0 Å². The zero-order valence-electron chi connectivity index (χ0n) is 7.95. The molecule has 0 aromatic carbocycles. The van der Waals surface area contributed by atoms with Gasteiger partial charge in [-0.3, -0.25) is 0 Å². The Morgan fingerprint density at radius 1 is 1.33 bits per heavy atom. The van der Waals surface area contributed by atoms with E-state index in [4.69, 9.17) is 0 Å². The van der Waals surface area contributed by atoms with E-state index in [1.54, 1.807) is 0 Å². The molecule has 1 heteroatoms. The Balaban J connectivity index is 2.60. The molecule has 0 amide bonds. The van der Waals surface area contributed by atoms with Crippen LogP contribution in [0.4, 0.5) is 0 Å². The van der Waals surface area contributed by atoms with Crippen molar-refractivity contribution in [2.75, 3.05) is 0 Å². The molecule has 0 aliphatic heterocycles. The largest absolute Gasteiger partial charge is 0.123 e. The summed E-state index contributed by atoms with van der Waals surface area (Å²) in [7, 11) is 0. The Bertz CT molecular complexity index is 221. The van der Waals surface area contributed by atoms with E-state index >= 15 is 0 Å². The molecule has 1 unspecified atom stereocenters. The molecule has 0 aromatic heterocycles. The molecule has 0 saturated heterocycles. The summed E-state index contributed by atoms with van der Waals surface area (Å²) in [4.78, 5) is 1.37. The quantitative estimate of drug-likeness (QED) is 0.623. The molecule has 0 bridgehead atoms. The minimum absolute atomic E-state index is 0.575. The molecule has 1 atom stereocenters. The Kier molecular flexibility index (Phi) is 3.67. The average Bonchev–Trinajstić information content (AvgIpc) is 2.15. The number of allylic oxidation sites excluding steroid dienone is 5. The van der Waals surface area contributed by atoms with Crippen molar-refractivity contribution in [1.29, 1.82) is 0 Å². The maximum absolute atomic E-state index is 2.24. The summed E-state index contributed by atoms with van der Waals surface area (Å²) in [6.45, 7) is 6.64. The van der Waals surface area contributed by atoms with Crippen LogP contribution in [0.15, 0.2) is 35.3 Å². The lowest BCUT2D eigenvalue weighted by molar-refractivity contribution is 0.942. The zero-order chi connectivity index (χ0) is 8.97. The second-order valence-corrected chi connectivity index (χ2v) is 4.99. The maximum Gasteiger partial charge on any atom is 0.00715 e. The Morgan fingerprint density at radius 3 is 2.75 bits per heavy atom. The molecule has 12 heavy (non-hydrogen) atoms. The molecule has 0 heterocycles. The summed E-state index contributed by atoms with van der Waals surface area (Å²) in [6.07, 6.45) is 11.0. The lowest BCUT2D eigenvalue weighted by atomic mass is 10.2. The van der Waals surface area contributed by atoms with Crippen molar-refractivity contribution in [3.8, 4) is 0 Å². The molecule has 0 radical (unpaired) electrons. The smallest absolute Gasteiger partial charge is 0.00715 e. The van der Waals surface area contributed by atoms with E-state index in [0.29, 0.717) is 11.2 Å². The molecule has 1 aliphatic carbocycles. The van der Waals surface area contributed by atoms with Gasteiger partial charge in [0.05, 0.1) is 0 Å². The molecule has 66 valence electrons. The molecule has 0 spiro atoms. The van der Waals surface area contributed by atoms with Crippen LogP contribution in [0.2, 0.25) is 0 Å². The first-order valence-electron chi connectivity index (χ1n) is 4.42. The van der Waals surface area contributed by atoms with Gasteiger partial charge in [-0.25, -0.2) is 0 Å². The molecule has 0 aromatic rings. The van der Waals surface area contributed by atoms with Gasteiger partial charge in [-0.2, -0.15) is 0 Å². The first kappa shape index (κ1) is 9.66. The summed E-state index contributed by atoms with van der Waals surface area (Å²) in [5.41, 5.74) is 0. The third-order valence-corrected chi connectivity index (χ3v) is 2.63. The van der Waals surface area contributed by atoms with Crippen molar-refractivity contribution in [2.45, 2.75) is 26.0 Å². The highest BCUT2D eigenvalue weighted by Gasteiger charge is 2.00. The van der Waals surface area contributed by atoms with Gasteiger partial charge in [0, 0.05) is 10.2 Å². The van der Waals surface area contributed by atoms with Gasteiger partial charge in [0.15, 0.2) is 0 Å². The second kappa shape index (κ2) is 4.56. The van der Waals surface area contributed by atoms with E-state index in [2.05, 4.69) is 51.2 Å². The normalized spacial score (nSPS) is 22.7. The monoisotopic (exact) mass is 180 g/mol. The van der Waals surface area contributed by atoms with Crippen LogP contribution < -0.4 is 0 Å². The fourth-order valence-corrected chi connectivity index (χ4v) is 1.90. The first-order valence-corrected chi connectivity index (χ1v) is 5.30. The van der Waals surface area contributed by atoms with Gasteiger partial charge in [0.1, 0.15) is 0 Å². The van der Waals surface area contributed by atoms with Gasteiger partial charge >= 0.3 is 0 Å². The molecule has 1 aliphatic rings. The van der Waals surface area contributed by atoms with Crippen molar-refractivity contribution in [3.05, 3.63) is 35.3 Å². The Hall–Kier alpha value is -0.430. The molecule has 0 nitrogen and oxygen atoms in total. The first-order chi connectivity index (χ1) is 5.68. The van der Waals surface area contributed by atoms with Gasteiger partial charge in [-0.05, 0) is 12.0 Å². The van der Waals surface area contributed by atoms with Crippen LogP contribution in [0.25, 0.3) is 0 Å². The van der Waals surface area contributed by atoms with Gasteiger partial charge in [-0.15, -0.1) is 11.8 Å². The molecular formula is C11H16S. The van der Waals surface area contributed by atoms with Crippen molar-refractivity contribution in [2.24, 2.45) is 5.92 Å². The highest BCUT2D eigenvalue weighted by molar-refractivity contribution is 8.03. The van der Waals surface area contributed by atoms with E-state index in [9.17, 15) is 0 Å². The van der Waals surface area contributed by atoms with E-state index in [0.717, 1.165) is 0 Å². The lowest BCUT2D eigenvalue weighted by Gasteiger charge is -2.03. The number of rotatable bonds is 2. The van der Waals surface area contributed by atoms with Crippen molar-refractivity contribution < 1.29 is 0 Å². The zero-order valence-corrected chi connectivity index (χ0v) is 8.77. The Morgan fingerprint density at radius 2 is 2.08 bits per heavy atom. The maximum atomic E-state index is 2.24. The molecule has 0 N–H and O–H groups in total. The predicted octanol–water partition coefficient (Wildman–Crippen LogP) is 3.77. The van der Waals surface area contributed by atoms with E-state index in [-0.39, 0.29) is 0 Å². The topological polar surface area (TPSA) is 0 Å². The SMILES string of the molecule is CC1C=CC=C(SC(C)C)C=C1. The highest BCUT2D eigenvalue weighted by Crippen LogP contribution is 2.24. The fourth-order valence-electron chi connectivity index (χ4n) is 1.04. The van der Waals surface area contributed by atoms with E-state index in [1.165, 1.54) is 4.91 Å². The molecule has 0 fully saturated rings. The van der Waals surface area contributed by atoms with Crippen LogP contribution in [0.1, 0.15) is 20.8 Å². The standard InChI is InChI=1S/C11H16S/c1-9(2)12-11-6-4-5-10(3)7-8-11/h4-10H,1-3H3. The van der Waals surface area contributed by atoms with Gasteiger partial charge in [0.25, 0.3) is 0 Å². The minimum atomic E-state index is 0.575. The van der Waals surface area contributed by atoms with Crippen LogP contribution in [-0.2, 0) is 0 Å². The number of hydrogen-bond donors (Lipinski definition) is 0. The van der Waals surface area contributed by atoms with Gasteiger partial charge in [-0.1, -0.05) is 45.1 Å². The van der Waals surface area contributed by atoms with Crippen LogP contribution in [-0.4, -0.2) is 5.25 Å². The third-order valence-electron chi connectivity index (χ3n) is 1.61. The summed E-state index contributed by atoms with van der Waals surface area (Å²) < 4.78 is 0. The average molecular weight is 180 g/mol. The fraction of sp³-hybridized carbons (Fsp3) is 0.455. The van der Waals surface area contributed by atoms with Crippen molar-refractivity contribution >= 4 is 11.8 Å².